The van der Waals surface area contributed by atoms with Gasteiger partial charge in [-0.3, -0.25) is 0 Å². The Morgan fingerprint density at radius 2 is 2.00 bits per heavy atom. The number of nitrogens with zero attached hydrogens (tertiary/aromatic N) is 2. The molecule has 0 radical (unpaired) electrons. The standard InChI is InChI=1S/C16H30N2O4Si/c1-9-21-14-10-13(15(19)20-6)18(17-14)12(2)11-22-23(7,8)16(3,4)5/h10,12H,9,11H2,1-8H3. The molecule has 0 amide bonds. The number of methoxy groups -OCH3 is 1. The zero-order chi connectivity index (χ0) is 17.8. The molecule has 0 aliphatic heterocycles. The summed E-state index contributed by atoms with van der Waals surface area (Å²) in [4.78, 5) is 11.9. The van der Waals surface area contributed by atoms with Crippen LogP contribution in [0.4, 0.5) is 0 Å². The number of hydrogen-bond donors (Lipinski definition) is 0. The second-order valence-electron chi connectivity index (χ2n) is 7.16. The second kappa shape index (κ2) is 7.48. The molecule has 0 aliphatic rings. The Labute approximate surface area is 140 Å². The molecule has 1 aromatic rings. The Kier molecular flexibility index (Phi) is 6.41. The van der Waals surface area contributed by atoms with Crippen molar-refractivity contribution in [3.05, 3.63) is 11.8 Å². The maximum Gasteiger partial charge on any atom is 0.356 e. The summed E-state index contributed by atoms with van der Waals surface area (Å²) in [5.74, 6) is -0.00490. The van der Waals surface area contributed by atoms with Gasteiger partial charge in [-0.2, -0.15) is 0 Å². The van der Waals surface area contributed by atoms with Crippen molar-refractivity contribution in [1.29, 1.82) is 0 Å². The van der Waals surface area contributed by atoms with E-state index in [4.69, 9.17) is 13.9 Å². The molecule has 7 heteroatoms. The Hall–Kier alpha value is -1.34. The van der Waals surface area contributed by atoms with E-state index in [2.05, 4.69) is 39.0 Å². The first-order chi connectivity index (χ1) is 10.5. The van der Waals surface area contributed by atoms with Gasteiger partial charge in [-0.15, -0.1) is 5.10 Å². The fraction of sp³-hybridized carbons (Fsp3) is 0.750. The molecule has 0 bridgehead atoms. The molecule has 0 saturated heterocycles. The number of carbonyl (C=O) groups is 1. The number of carbonyl (C=O) groups excluding carboxylic acids is 1. The van der Waals surface area contributed by atoms with E-state index in [1.807, 2.05) is 13.8 Å². The molecule has 1 atom stereocenters. The summed E-state index contributed by atoms with van der Waals surface area (Å²) in [7, 11) is -0.492. The molecule has 0 aromatic carbocycles. The van der Waals surface area contributed by atoms with Crippen molar-refractivity contribution < 1.29 is 18.7 Å². The van der Waals surface area contributed by atoms with Crippen molar-refractivity contribution in [3.8, 4) is 5.88 Å². The second-order valence-corrected chi connectivity index (χ2v) is 12.0. The summed E-state index contributed by atoms with van der Waals surface area (Å²) in [6.07, 6.45) is 0. The average molecular weight is 343 g/mol. The van der Waals surface area contributed by atoms with Crippen LogP contribution in [0.5, 0.6) is 5.88 Å². The van der Waals surface area contributed by atoms with Crippen molar-refractivity contribution in [3.63, 3.8) is 0 Å². The maximum atomic E-state index is 11.9. The molecular weight excluding hydrogens is 312 g/mol. The minimum atomic E-state index is -1.85. The maximum absolute atomic E-state index is 11.9. The first kappa shape index (κ1) is 19.7. The lowest BCUT2D eigenvalue weighted by molar-refractivity contribution is 0.0581. The van der Waals surface area contributed by atoms with E-state index in [1.165, 1.54) is 7.11 Å². The van der Waals surface area contributed by atoms with Crippen molar-refractivity contribution >= 4 is 14.3 Å². The summed E-state index contributed by atoms with van der Waals surface area (Å²) in [6, 6.07) is 1.52. The Bertz CT molecular complexity index is 535. The van der Waals surface area contributed by atoms with E-state index in [0.29, 0.717) is 24.8 Å². The largest absolute Gasteiger partial charge is 0.477 e. The van der Waals surface area contributed by atoms with E-state index in [1.54, 1.807) is 10.7 Å². The lowest BCUT2D eigenvalue weighted by atomic mass is 10.2. The van der Waals surface area contributed by atoms with Gasteiger partial charge >= 0.3 is 5.97 Å². The smallest absolute Gasteiger partial charge is 0.356 e. The van der Waals surface area contributed by atoms with Crippen LogP contribution in [0.2, 0.25) is 18.1 Å². The average Bonchev–Trinajstić information content (AvgIpc) is 2.87. The zero-order valence-electron chi connectivity index (χ0n) is 15.6. The van der Waals surface area contributed by atoms with Crippen LogP contribution < -0.4 is 4.74 Å². The van der Waals surface area contributed by atoms with Crippen LogP contribution in [-0.4, -0.2) is 44.4 Å². The van der Waals surface area contributed by atoms with Gasteiger partial charge in [0.25, 0.3) is 0 Å². The van der Waals surface area contributed by atoms with Crippen LogP contribution in [0, 0.1) is 0 Å². The summed E-state index contributed by atoms with van der Waals surface area (Å²) in [5.41, 5.74) is 0.377. The number of ether oxygens (including phenoxy) is 2. The highest BCUT2D eigenvalue weighted by Crippen LogP contribution is 2.37. The van der Waals surface area contributed by atoms with Gasteiger partial charge in [-0.1, -0.05) is 20.8 Å². The lowest BCUT2D eigenvalue weighted by Gasteiger charge is -2.37. The van der Waals surface area contributed by atoms with Crippen molar-refractivity contribution in [2.45, 2.75) is 58.8 Å². The third kappa shape index (κ3) is 4.81. The minimum absolute atomic E-state index is 0.0903. The zero-order valence-corrected chi connectivity index (χ0v) is 16.6. The summed E-state index contributed by atoms with van der Waals surface area (Å²) >= 11 is 0. The number of esters is 1. The van der Waals surface area contributed by atoms with Crippen LogP contribution in [-0.2, 0) is 9.16 Å². The summed E-state index contributed by atoms with van der Waals surface area (Å²) in [6.45, 7) is 15.8. The number of hydrogen-bond acceptors (Lipinski definition) is 5. The number of aromatic nitrogens is 2. The van der Waals surface area contributed by atoms with Crippen LogP contribution in [0.1, 0.15) is 51.1 Å². The van der Waals surface area contributed by atoms with Gasteiger partial charge in [0.15, 0.2) is 14.0 Å². The molecule has 1 rings (SSSR count). The molecule has 0 saturated carbocycles. The summed E-state index contributed by atoms with van der Waals surface area (Å²) in [5, 5.41) is 4.50. The molecule has 6 nitrogen and oxygen atoms in total. The van der Waals surface area contributed by atoms with Gasteiger partial charge in [-0.25, -0.2) is 9.48 Å². The Morgan fingerprint density at radius 1 is 1.39 bits per heavy atom. The van der Waals surface area contributed by atoms with Gasteiger partial charge in [0.1, 0.15) is 0 Å². The Morgan fingerprint density at radius 3 is 2.48 bits per heavy atom. The topological polar surface area (TPSA) is 62.6 Å². The molecule has 23 heavy (non-hydrogen) atoms. The molecule has 0 aliphatic carbocycles. The van der Waals surface area contributed by atoms with E-state index < -0.39 is 14.3 Å². The van der Waals surface area contributed by atoms with Crippen molar-refractivity contribution in [2.75, 3.05) is 20.3 Å². The van der Waals surface area contributed by atoms with Crippen LogP contribution in [0.25, 0.3) is 0 Å². The van der Waals surface area contributed by atoms with Gasteiger partial charge < -0.3 is 13.9 Å². The molecule has 0 N–H and O–H groups in total. The minimum Gasteiger partial charge on any atom is -0.477 e. The molecule has 0 fully saturated rings. The van der Waals surface area contributed by atoms with Gasteiger partial charge in [0, 0.05) is 6.07 Å². The van der Waals surface area contributed by atoms with E-state index in [-0.39, 0.29) is 11.1 Å². The molecule has 132 valence electrons. The van der Waals surface area contributed by atoms with Crippen molar-refractivity contribution in [2.24, 2.45) is 0 Å². The highest BCUT2D eigenvalue weighted by Gasteiger charge is 2.37. The highest BCUT2D eigenvalue weighted by molar-refractivity contribution is 6.74. The van der Waals surface area contributed by atoms with Gasteiger partial charge in [0.05, 0.1) is 26.4 Å². The highest BCUT2D eigenvalue weighted by atomic mass is 28.4. The van der Waals surface area contributed by atoms with Gasteiger partial charge in [0.2, 0.25) is 5.88 Å². The van der Waals surface area contributed by atoms with Gasteiger partial charge in [-0.05, 0) is 32.0 Å². The van der Waals surface area contributed by atoms with E-state index in [0.717, 1.165) is 0 Å². The predicted molar refractivity (Wildman–Crippen MR) is 92.6 cm³/mol. The fourth-order valence-electron chi connectivity index (χ4n) is 1.80. The SMILES string of the molecule is CCOc1cc(C(=O)OC)n(C(C)CO[Si](C)(C)C(C)(C)C)n1. The lowest BCUT2D eigenvalue weighted by Crippen LogP contribution is -2.42. The molecule has 0 spiro atoms. The number of rotatable bonds is 7. The predicted octanol–water partition coefficient (Wildman–Crippen LogP) is 3.65. The van der Waals surface area contributed by atoms with E-state index in [9.17, 15) is 4.79 Å². The third-order valence-corrected chi connectivity index (χ3v) is 8.81. The molecular formula is C16H30N2O4Si. The first-order valence-corrected chi connectivity index (χ1v) is 10.9. The monoisotopic (exact) mass is 342 g/mol. The quantitative estimate of drug-likeness (QED) is 0.559. The normalized spacial score (nSPS) is 13.7. The third-order valence-electron chi connectivity index (χ3n) is 4.31. The first-order valence-electron chi connectivity index (χ1n) is 7.98. The fourth-order valence-corrected chi connectivity index (χ4v) is 2.89. The Balaban J connectivity index is 2.94. The van der Waals surface area contributed by atoms with Crippen LogP contribution in [0.3, 0.4) is 0 Å². The van der Waals surface area contributed by atoms with Crippen molar-refractivity contribution in [1.82, 2.24) is 9.78 Å². The van der Waals surface area contributed by atoms with E-state index >= 15 is 0 Å². The summed E-state index contributed by atoms with van der Waals surface area (Å²) < 4.78 is 18.1. The van der Waals surface area contributed by atoms with Crippen LogP contribution in [0.15, 0.2) is 6.07 Å². The molecule has 1 heterocycles. The molecule has 1 unspecified atom stereocenters. The molecule has 1 aromatic heterocycles. The van der Waals surface area contributed by atoms with Crippen LogP contribution >= 0.6 is 0 Å².